The van der Waals surface area contributed by atoms with Crippen molar-refractivity contribution in [1.82, 2.24) is 10.0 Å². The number of halogens is 2. The van der Waals surface area contributed by atoms with Crippen LogP contribution >= 0.6 is 12.6 Å². The van der Waals surface area contributed by atoms with E-state index in [0.717, 1.165) is 52.9 Å². The van der Waals surface area contributed by atoms with Gasteiger partial charge in [-0.25, -0.2) is 18.8 Å². The van der Waals surface area contributed by atoms with E-state index in [1.165, 1.54) is 6.07 Å². The Morgan fingerprint density at radius 3 is 2.81 bits per heavy atom. The Labute approximate surface area is 189 Å². The van der Waals surface area contributed by atoms with E-state index in [1.807, 2.05) is 37.2 Å². The smallest absolute Gasteiger partial charge is 0.163 e. The van der Waals surface area contributed by atoms with Crippen molar-refractivity contribution < 1.29 is 8.78 Å². The molecule has 0 aromatic heterocycles. The number of aryl methyl sites for hydroxylation is 1. The Kier molecular flexibility index (Phi) is 7.70. The van der Waals surface area contributed by atoms with E-state index in [1.54, 1.807) is 12.1 Å². The van der Waals surface area contributed by atoms with Crippen molar-refractivity contribution in [3.8, 4) is 0 Å². The van der Waals surface area contributed by atoms with Crippen LogP contribution < -0.4 is 5.32 Å². The standard InChI is InChI=1S/C25H29F2N3S/c1-5-19(18(3)28-24-12-11-22(31)14-17(24)2)15-21-9-7-13-30(21)29(4)16-20-8-6-10-23(26)25(20)27/h5-6,8,10-12,14-15,21,28,31H,1,3,7,9,13,16H2,2,4H3/b19-15+. The van der Waals surface area contributed by atoms with E-state index in [9.17, 15) is 8.78 Å². The Morgan fingerprint density at radius 2 is 2.10 bits per heavy atom. The second-order valence-electron chi connectivity index (χ2n) is 7.83. The van der Waals surface area contributed by atoms with Gasteiger partial charge in [-0.05, 0) is 55.2 Å². The molecule has 1 heterocycles. The molecule has 1 fully saturated rings. The molecule has 0 spiro atoms. The van der Waals surface area contributed by atoms with Gasteiger partial charge in [-0.3, -0.25) is 0 Å². The van der Waals surface area contributed by atoms with E-state index in [0.29, 0.717) is 12.1 Å². The summed E-state index contributed by atoms with van der Waals surface area (Å²) in [6.45, 7) is 11.3. The van der Waals surface area contributed by atoms with Crippen molar-refractivity contribution in [3.05, 3.63) is 95.7 Å². The number of anilines is 1. The highest BCUT2D eigenvalue weighted by Gasteiger charge is 2.27. The van der Waals surface area contributed by atoms with Crippen LogP contribution in [0.15, 0.2) is 77.9 Å². The van der Waals surface area contributed by atoms with Gasteiger partial charge in [-0.1, -0.05) is 37.4 Å². The highest BCUT2D eigenvalue weighted by molar-refractivity contribution is 7.80. The molecule has 2 aromatic carbocycles. The maximum Gasteiger partial charge on any atom is 0.163 e. The van der Waals surface area contributed by atoms with Gasteiger partial charge in [0.1, 0.15) is 0 Å². The second kappa shape index (κ2) is 10.3. The van der Waals surface area contributed by atoms with Crippen molar-refractivity contribution in [2.75, 3.05) is 18.9 Å². The molecule has 31 heavy (non-hydrogen) atoms. The summed E-state index contributed by atoms with van der Waals surface area (Å²) in [5.74, 6) is -1.60. The first-order chi connectivity index (χ1) is 14.8. The van der Waals surface area contributed by atoms with Gasteiger partial charge < -0.3 is 5.32 Å². The third-order valence-electron chi connectivity index (χ3n) is 5.58. The molecule has 0 amide bonds. The number of nitrogens with one attached hydrogen (secondary N) is 1. The predicted molar refractivity (Wildman–Crippen MR) is 127 cm³/mol. The highest BCUT2D eigenvalue weighted by atomic mass is 32.1. The lowest BCUT2D eigenvalue weighted by atomic mass is 10.1. The van der Waals surface area contributed by atoms with Crippen LogP contribution in [0.4, 0.5) is 14.5 Å². The van der Waals surface area contributed by atoms with Crippen LogP contribution in [0, 0.1) is 18.6 Å². The van der Waals surface area contributed by atoms with E-state index >= 15 is 0 Å². The van der Waals surface area contributed by atoms with Crippen molar-refractivity contribution in [2.45, 2.75) is 37.2 Å². The van der Waals surface area contributed by atoms with Crippen molar-refractivity contribution >= 4 is 18.3 Å². The van der Waals surface area contributed by atoms with Crippen LogP contribution in [0.1, 0.15) is 24.0 Å². The topological polar surface area (TPSA) is 18.5 Å². The van der Waals surface area contributed by atoms with E-state index in [2.05, 4.69) is 42.2 Å². The van der Waals surface area contributed by atoms with Crippen LogP contribution in [0.25, 0.3) is 0 Å². The van der Waals surface area contributed by atoms with Crippen molar-refractivity contribution in [3.63, 3.8) is 0 Å². The van der Waals surface area contributed by atoms with Crippen LogP contribution in [0.2, 0.25) is 0 Å². The molecule has 1 N–H and O–H groups in total. The monoisotopic (exact) mass is 441 g/mol. The Balaban J connectivity index is 1.73. The molecular formula is C25H29F2N3S. The lowest BCUT2D eigenvalue weighted by Gasteiger charge is -2.32. The first kappa shape index (κ1) is 23.3. The Morgan fingerprint density at radius 1 is 1.32 bits per heavy atom. The van der Waals surface area contributed by atoms with Crippen LogP contribution in [-0.2, 0) is 6.54 Å². The van der Waals surface area contributed by atoms with Crippen LogP contribution in [-0.4, -0.2) is 29.7 Å². The fourth-order valence-corrected chi connectivity index (χ4v) is 4.17. The molecular weight excluding hydrogens is 412 g/mol. The normalized spacial score (nSPS) is 17.2. The van der Waals surface area contributed by atoms with Gasteiger partial charge in [0.15, 0.2) is 11.6 Å². The zero-order valence-corrected chi connectivity index (χ0v) is 18.9. The first-order valence-electron chi connectivity index (χ1n) is 10.3. The summed E-state index contributed by atoms with van der Waals surface area (Å²) in [6, 6.07) is 10.3. The minimum absolute atomic E-state index is 0.120. The van der Waals surface area contributed by atoms with Crippen LogP contribution in [0.3, 0.4) is 0 Å². The van der Waals surface area contributed by atoms with E-state index < -0.39 is 11.6 Å². The zero-order valence-electron chi connectivity index (χ0n) is 18.0. The minimum atomic E-state index is -0.818. The zero-order chi connectivity index (χ0) is 22.5. The van der Waals surface area contributed by atoms with E-state index in [-0.39, 0.29) is 6.04 Å². The summed E-state index contributed by atoms with van der Waals surface area (Å²) in [6.07, 6.45) is 5.91. The quantitative estimate of drug-likeness (QED) is 0.381. The first-order valence-corrected chi connectivity index (χ1v) is 10.8. The molecule has 0 radical (unpaired) electrons. The number of thiol groups is 1. The number of hydrogen-bond acceptors (Lipinski definition) is 4. The van der Waals surface area contributed by atoms with Gasteiger partial charge in [0.2, 0.25) is 0 Å². The highest BCUT2D eigenvalue weighted by Crippen LogP contribution is 2.26. The molecule has 164 valence electrons. The van der Waals surface area contributed by atoms with Gasteiger partial charge in [-0.2, -0.15) is 0 Å². The fourth-order valence-electron chi connectivity index (χ4n) is 3.90. The summed E-state index contributed by atoms with van der Waals surface area (Å²) < 4.78 is 27.7. The fraction of sp³-hybridized carbons (Fsp3) is 0.280. The van der Waals surface area contributed by atoms with Crippen molar-refractivity contribution in [1.29, 1.82) is 0 Å². The number of hydrogen-bond donors (Lipinski definition) is 2. The Bertz CT molecular complexity index is 1000. The number of allylic oxidation sites excluding steroid dienone is 1. The summed E-state index contributed by atoms with van der Waals surface area (Å²) in [5, 5.41) is 7.51. The van der Waals surface area contributed by atoms with Crippen molar-refractivity contribution in [2.24, 2.45) is 0 Å². The molecule has 1 unspecified atom stereocenters. The summed E-state index contributed by atoms with van der Waals surface area (Å²) in [4.78, 5) is 0.910. The average Bonchev–Trinajstić information content (AvgIpc) is 3.20. The molecule has 3 nitrogen and oxygen atoms in total. The summed E-state index contributed by atoms with van der Waals surface area (Å²) in [7, 11) is 1.90. The predicted octanol–water partition coefficient (Wildman–Crippen LogP) is 6.11. The summed E-state index contributed by atoms with van der Waals surface area (Å²) in [5.41, 5.74) is 4.07. The third kappa shape index (κ3) is 5.64. The molecule has 1 saturated heterocycles. The maximum atomic E-state index is 14.1. The largest absolute Gasteiger partial charge is 0.355 e. The van der Waals surface area contributed by atoms with Crippen LogP contribution in [0.5, 0.6) is 0 Å². The molecule has 1 aliphatic heterocycles. The summed E-state index contributed by atoms with van der Waals surface area (Å²) >= 11 is 4.37. The molecule has 3 rings (SSSR count). The number of nitrogens with zero attached hydrogens (tertiary/aromatic N) is 2. The lowest BCUT2D eigenvalue weighted by molar-refractivity contribution is -0.00695. The average molecular weight is 442 g/mol. The van der Waals surface area contributed by atoms with Gasteiger partial charge in [0.25, 0.3) is 0 Å². The third-order valence-corrected chi connectivity index (χ3v) is 5.85. The molecule has 0 aliphatic carbocycles. The number of hydrazine groups is 1. The molecule has 0 bridgehead atoms. The van der Waals surface area contributed by atoms with Gasteiger partial charge in [-0.15, -0.1) is 12.6 Å². The SMILES string of the molecule is C=C/C(=C\C1CCCN1N(C)Cc1cccc(F)c1F)C(=C)Nc1ccc(S)cc1C. The van der Waals surface area contributed by atoms with E-state index in [4.69, 9.17) is 0 Å². The van der Waals surface area contributed by atoms with Gasteiger partial charge >= 0.3 is 0 Å². The number of benzene rings is 2. The second-order valence-corrected chi connectivity index (χ2v) is 8.35. The van der Waals surface area contributed by atoms with Gasteiger partial charge in [0, 0.05) is 48.0 Å². The molecule has 1 aliphatic rings. The maximum absolute atomic E-state index is 14.1. The lowest BCUT2D eigenvalue weighted by Crippen LogP contribution is -2.42. The number of rotatable bonds is 8. The molecule has 2 aromatic rings. The molecule has 0 saturated carbocycles. The molecule has 1 atom stereocenters. The Hall–Kier alpha value is -2.41. The minimum Gasteiger partial charge on any atom is -0.355 e. The van der Waals surface area contributed by atoms with Gasteiger partial charge in [0.05, 0.1) is 0 Å². The molecule has 6 heteroatoms.